The third kappa shape index (κ3) is 3.77. The zero-order chi connectivity index (χ0) is 14.4. The first-order valence-corrected chi connectivity index (χ1v) is 7.16. The first kappa shape index (κ1) is 14.9. The molecule has 0 amide bonds. The molecule has 1 aliphatic heterocycles. The molecule has 0 aliphatic carbocycles. The van der Waals surface area contributed by atoms with Crippen LogP contribution in [0.25, 0.3) is 0 Å². The van der Waals surface area contributed by atoms with E-state index < -0.39 is 0 Å². The minimum Gasteiger partial charge on any atom is -0.465 e. The van der Waals surface area contributed by atoms with Gasteiger partial charge in [-0.3, -0.25) is 9.88 Å². The average molecular weight is 277 g/mol. The molecule has 0 aromatic carbocycles. The Hall–Kier alpha value is -1.46. The van der Waals surface area contributed by atoms with Gasteiger partial charge < -0.3 is 10.1 Å². The summed E-state index contributed by atoms with van der Waals surface area (Å²) < 4.78 is 4.68. The van der Waals surface area contributed by atoms with E-state index in [4.69, 9.17) is 0 Å². The second-order valence-electron chi connectivity index (χ2n) is 5.21. The quantitative estimate of drug-likeness (QED) is 0.825. The maximum atomic E-state index is 11.4. The van der Waals surface area contributed by atoms with Gasteiger partial charge >= 0.3 is 5.97 Å². The topological polar surface area (TPSA) is 54.5 Å². The van der Waals surface area contributed by atoms with Crippen LogP contribution in [0.15, 0.2) is 18.3 Å². The molecule has 1 aromatic rings. The standard InChI is InChI=1S/C15H23N3O2/c1-16-10-14-5-3-4-8-18(14)11-13-7-6-12(9-17-13)15(19)20-2/h6-7,9,14,16H,3-5,8,10-11H2,1-2H3. The first-order valence-electron chi connectivity index (χ1n) is 7.16. The predicted molar refractivity (Wildman–Crippen MR) is 77.6 cm³/mol. The summed E-state index contributed by atoms with van der Waals surface area (Å²) in [5, 5.41) is 3.26. The van der Waals surface area contributed by atoms with Gasteiger partial charge in [-0.25, -0.2) is 4.79 Å². The second kappa shape index (κ2) is 7.36. The minimum atomic E-state index is -0.338. The van der Waals surface area contributed by atoms with Crippen LogP contribution in [-0.2, 0) is 11.3 Å². The number of nitrogens with one attached hydrogen (secondary N) is 1. The molecule has 0 bridgehead atoms. The molecular formula is C15H23N3O2. The zero-order valence-electron chi connectivity index (χ0n) is 12.3. The lowest BCUT2D eigenvalue weighted by Crippen LogP contribution is -2.44. The highest BCUT2D eigenvalue weighted by atomic mass is 16.5. The van der Waals surface area contributed by atoms with E-state index in [-0.39, 0.29) is 5.97 Å². The van der Waals surface area contributed by atoms with Gasteiger partial charge in [0.1, 0.15) is 0 Å². The van der Waals surface area contributed by atoms with Gasteiger partial charge in [-0.05, 0) is 38.6 Å². The van der Waals surface area contributed by atoms with Gasteiger partial charge in [0.05, 0.1) is 18.4 Å². The minimum absolute atomic E-state index is 0.338. The van der Waals surface area contributed by atoms with Gasteiger partial charge in [0, 0.05) is 25.3 Å². The maximum absolute atomic E-state index is 11.4. The predicted octanol–water partition coefficient (Wildman–Crippen LogP) is 1.44. The third-order valence-corrected chi connectivity index (χ3v) is 3.80. The summed E-state index contributed by atoms with van der Waals surface area (Å²) in [5.74, 6) is -0.338. The number of ether oxygens (including phenoxy) is 1. The molecule has 20 heavy (non-hydrogen) atoms. The Kier molecular flexibility index (Phi) is 5.49. The Labute approximate surface area is 120 Å². The van der Waals surface area contributed by atoms with Gasteiger partial charge in [-0.2, -0.15) is 0 Å². The monoisotopic (exact) mass is 277 g/mol. The largest absolute Gasteiger partial charge is 0.465 e. The van der Waals surface area contributed by atoms with E-state index >= 15 is 0 Å². The Morgan fingerprint density at radius 2 is 2.35 bits per heavy atom. The normalized spacial score (nSPS) is 19.8. The molecule has 1 N–H and O–H groups in total. The average Bonchev–Trinajstić information content (AvgIpc) is 2.49. The number of carbonyl (C=O) groups excluding carboxylic acids is 1. The van der Waals surface area contributed by atoms with Gasteiger partial charge in [0.25, 0.3) is 0 Å². The number of carbonyl (C=O) groups is 1. The van der Waals surface area contributed by atoms with E-state index in [0.717, 1.165) is 25.3 Å². The van der Waals surface area contributed by atoms with Gasteiger partial charge in [0.2, 0.25) is 0 Å². The van der Waals surface area contributed by atoms with Crippen LogP contribution < -0.4 is 5.32 Å². The molecule has 1 fully saturated rings. The summed E-state index contributed by atoms with van der Waals surface area (Å²) >= 11 is 0. The Morgan fingerprint density at radius 3 is 3.00 bits per heavy atom. The van der Waals surface area contributed by atoms with Crippen molar-refractivity contribution in [2.45, 2.75) is 31.8 Å². The lowest BCUT2D eigenvalue weighted by Gasteiger charge is -2.35. The van der Waals surface area contributed by atoms with E-state index in [1.54, 1.807) is 12.3 Å². The van der Waals surface area contributed by atoms with Crippen LogP contribution in [0.2, 0.25) is 0 Å². The molecule has 1 saturated heterocycles. The van der Waals surface area contributed by atoms with Gasteiger partial charge in [-0.1, -0.05) is 6.42 Å². The highest BCUT2D eigenvalue weighted by Crippen LogP contribution is 2.18. The number of hydrogen-bond donors (Lipinski definition) is 1. The number of esters is 1. The molecule has 1 unspecified atom stereocenters. The number of aromatic nitrogens is 1. The van der Waals surface area contributed by atoms with Gasteiger partial charge in [0.15, 0.2) is 0 Å². The van der Waals surface area contributed by atoms with Crippen molar-refractivity contribution >= 4 is 5.97 Å². The number of hydrogen-bond acceptors (Lipinski definition) is 5. The molecule has 5 nitrogen and oxygen atoms in total. The summed E-state index contributed by atoms with van der Waals surface area (Å²) in [6, 6.07) is 4.28. The second-order valence-corrected chi connectivity index (χ2v) is 5.21. The molecule has 0 radical (unpaired) electrons. The molecule has 1 aliphatic rings. The molecule has 110 valence electrons. The van der Waals surface area contributed by atoms with E-state index in [1.807, 2.05) is 13.1 Å². The third-order valence-electron chi connectivity index (χ3n) is 3.80. The Morgan fingerprint density at radius 1 is 1.50 bits per heavy atom. The van der Waals surface area contributed by atoms with Crippen molar-refractivity contribution in [1.82, 2.24) is 15.2 Å². The van der Waals surface area contributed by atoms with Crippen LogP contribution in [0.5, 0.6) is 0 Å². The summed E-state index contributed by atoms with van der Waals surface area (Å²) in [6.45, 7) is 2.97. The summed E-state index contributed by atoms with van der Waals surface area (Å²) in [7, 11) is 3.38. The summed E-state index contributed by atoms with van der Waals surface area (Å²) in [6.07, 6.45) is 5.39. The van der Waals surface area contributed by atoms with Crippen LogP contribution in [0, 0.1) is 0 Å². The number of nitrogens with zero attached hydrogens (tertiary/aromatic N) is 2. The molecular weight excluding hydrogens is 254 g/mol. The Bertz CT molecular complexity index is 431. The molecule has 5 heteroatoms. The van der Waals surface area contributed by atoms with Crippen LogP contribution in [-0.4, -0.2) is 49.1 Å². The van der Waals surface area contributed by atoms with Crippen molar-refractivity contribution in [2.24, 2.45) is 0 Å². The SMILES string of the molecule is CNCC1CCCCN1Cc1ccc(C(=O)OC)cn1. The lowest BCUT2D eigenvalue weighted by atomic mass is 10.0. The fraction of sp³-hybridized carbons (Fsp3) is 0.600. The van der Waals surface area contributed by atoms with Crippen molar-refractivity contribution in [2.75, 3.05) is 27.2 Å². The van der Waals surface area contributed by atoms with Crippen LogP contribution in [0.4, 0.5) is 0 Å². The number of pyridine rings is 1. The van der Waals surface area contributed by atoms with Crippen molar-refractivity contribution in [3.8, 4) is 0 Å². The zero-order valence-corrected chi connectivity index (χ0v) is 12.3. The number of likely N-dealkylation sites (N-methyl/N-ethyl adjacent to an activating group) is 1. The van der Waals surface area contributed by atoms with E-state index in [1.165, 1.54) is 26.4 Å². The number of rotatable bonds is 5. The molecule has 0 saturated carbocycles. The highest BCUT2D eigenvalue weighted by Gasteiger charge is 2.22. The molecule has 0 spiro atoms. The highest BCUT2D eigenvalue weighted by molar-refractivity contribution is 5.88. The molecule has 1 aromatic heterocycles. The smallest absolute Gasteiger partial charge is 0.339 e. The van der Waals surface area contributed by atoms with Crippen molar-refractivity contribution < 1.29 is 9.53 Å². The van der Waals surface area contributed by atoms with Crippen molar-refractivity contribution in [3.63, 3.8) is 0 Å². The molecule has 2 rings (SSSR count). The number of methoxy groups -OCH3 is 1. The molecule has 1 atom stereocenters. The number of likely N-dealkylation sites (tertiary alicyclic amines) is 1. The lowest BCUT2D eigenvalue weighted by molar-refractivity contribution is 0.0600. The molecule has 2 heterocycles. The van der Waals surface area contributed by atoms with E-state index in [9.17, 15) is 4.79 Å². The van der Waals surface area contributed by atoms with Crippen LogP contribution in [0.1, 0.15) is 35.3 Å². The van der Waals surface area contributed by atoms with Gasteiger partial charge in [-0.15, -0.1) is 0 Å². The van der Waals surface area contributed by atoms with Crippen LogP contribution >= 0.6 is 0 Å². The fourth-order valence-corrected chi connectivity index (χ4v) is 2.70. The Balaban J connectivity index is 1.99. The van der Waals surface area contributed by atoms with Crippen LogP contribution in [0.3, 0.4) is 0 Å². The fourth-order valence-electron chi connectivity index (χ4n) is 2.70. The maximum Gasteiger partial charge on any atom is 0.339 e. The van der Waals surface area contributed by atoms with Crippen molar-refractivity contribution in [1.29, 1.82) is 0 Å². The summed E-state index contributed by atoms with van der Waals surface area (Å²) in [5.41, 5.74) is 1.50. The van der Waals surface area contributed by atoms with E-state index in [0.29, 0.717) is 11.6 Å². The van der Waals surface area contributed by atoms with Crippen molar-refractivity contribution in [3.05, 3.63) is 29.6 Å². The number of piperidine rings is 1. The summed E-state index contributed by atoms with van der Waals surface area (Å²) in [4.78, 5) is 18.2. The first-order chi connectivity index (χ1) is 9.74. The van der Waals surface area contributed by atoms with E-state index in [2.05, 4.69) is 19.9 Å².